The number of nitrogens with two attached hydrogens (primary N) is 1. The van der Waals surface area contributed by atoms with Gasteiger partial charge in [-0.25, -0.2) is 4.98 Å². The van der Waals surface area contributed by atoms with Gasteiger partial charge in [-0.15, -0.1) is 11.3 Å². The maximum Gasteiger partial charge on any atom is 0.0984 e. The summed E-state index contributed by atoms with van der Waals surface area (Å²) in [6.45, 7) is 7.44. The number of thiazole rings is 1. The third-order valence-electron chi connectivity index (χ3n) is 3.00. The summed E-state index contributed by atoms with van der Waals surface area (Å²) in [6, 6.07) is 0. The van der Waals surface area contributed by atoms with E-state index in [9.17, 15) is 0 Å². The molecule has 1 aromatic rings. The van der Waals surface area contributed by atoms with Crippen molar-refractivity contribution in [3.63, 3.8) is 0 Å². The number of nitrogens with zero attached hydrogens (tertiary/aromatic N) is 1. The van der Waals surface area contributed by atoms with Gasteiger partial charge in [-0.1, -0.05) is 20.8 Å². The second-order valence-corrected chi connectivity index (χ2v) is 6.49. The van der Waals surface area contributed by atoms with Crippen molar-refractivity contribution in [3.8, 4) is 0 Å². The highest BCUT2D eigenvalue weighted by Gasteiger charge is 2.27. The lowest BCUT2D eigenvalue weighted by atomic mass is 9.91. The molecular formula is C12H20N2S. The molecule has 2 N–H and O–H groups in total. The first-order chi connectivity index (χ1) is 7.02. The van der Waals surface area contributed by atoms with E-state index in [4.69, 9.17) is 10.7 Å². The van der Waals surface area contributed by atoms with Gasteiger partial charge >= 0.3 is 0 Å². The summed E-state index contributed by atoms with van der Waals surface area (Å²) in [5.41, 5.74) is 7.29. The Bertz CT molecular complexity index is 349. The summed E-state index contributed by atoms with van der Waals surface area (Å²) in [5.74, 6) is 0.515. The smallest absolute Gasteiger partial charge is 0.0984 e. The van der Waals surface area contributed by atoms with E-state index in [0.717, 1.165) is 6.54 Å². The first kappa shape index (κ1) is 11.1. The maximum atomic E-state index is 5.80. The molecule has 1 aliphatic carbocycles. The highest BCUT2D eigenvalue weighted by Crippen LogP contribution is 2.37. The van der Waals surface area contributed by atoms with Gasteiger partial charge < -0.3 is 5.73 Å². The van der Waals surface area contributed by atoms with E-state index in [-0.39, 0.29) is 5.41 Å². The molecule has 1 unspecified atom stereocenters. The Morgan fingerprint density at radius 1 is 1.47 bits per heavy atom. The molecule has 0 saturated carbocycles. The molecule has 1 aromatic heterocycles. The Hall–Kier alpha value is -0.410. The van der Waals surface area contributed by atoms with Crippen LogP contribution in [0.15, 0.2) is 0 Å². The minimum atomic E-state index is 0.182. The predicted molar refractivity (Wildman–Crippen MR) is 65.5 cm³/mol. The molecule has 1 heterocycles. The molecule has 0 spiro atoms. The lowest BCUT2D eigenvalue weighted by Crippen LogP contribution is -2.18. The molecule has 0 amide bonds. The second-order valence-electron chi connectivity index (χ2n) is 5.40. The van der Waals surface area contributed by atoms with Crippen molar-refractivity contribution in [2.24, 2.45) is 5.73 Å². The van der Waals surface area contributed by atoms with Gasteiger partial charge in [-0.2, -0.15) is 0 Å². The van der Waals surface area contributed by atoms with Crippen molar-refractivity contribution < 1.29 is 0 Å². The average molecular weight is 224 g/mol. The number of fused-ring (bicyclic) bond motifs is 1. The average Bonchev–Trinajstić information content (AvgIpc) is 2.59. The van der Waals surface area contributed by atoms with Crippen molar-refractivity contribution in [2.45, 2.75) is 51.4 Å². The molecule has 1 aliphatic rings. The van der Waals surface area contributed by atoms with E-state index >= 15 is 0 Å². The first-order valence-electron chi connectivity index (χ1n) is 5.72. The van der Waals surface area contributed by atoms with Gasteiger partial charge in [0.25, 0.3) is 0 Å². The minimum absolute atomic E-state index is 0.182. The fraction of sp³-hybridized carbons (Fsp3) is 0.750. The molecular weight excluding hydrogens is 204 g/mol. The molecule has 0 bridgehead atoms. The largest absolute Gasteiger partial charge is 0.330 e. The molecule has 2 nitrogen and oxygen atoms in total. The van der Waals surface area contributed by atoms with Gasteiger partial charge in [0.2, 0.25) is 0 Å². The van der Waals surface area contributed by atoms with E-state index in [1.54, 1.807) is 0 Å². The van der Waals surface area contributed by atoms with Gasteiger partial charge in [0.15, 0.2) is 0 Å². The van der Waals surface area contributed by atoms with Gasteiger partial charge in [-0.3, -0.25) is 0 Å². The van der Waals surface area contributed by atoms with Crippen LogP contribution in [0.5, 0.6) is 0 Å². The fourth-order valence-electron chi connectivity index (χ4n) is 2.06. The van der Waals surface area contributed by atoms with Crippen LogP contribution >= 0.6 is 11.3 Å². The van der Waals surface area contributed by atoms with Crippen LogP contribution in [0.25, 0.3) is 0 Å². The lowest BCUT2D eigenvalue weighted by Gasteiger charge is -2.19. The van der Waals surface area contributed by atoms with E-state index in [1.807, 2.05) is 11.3 Å². The van der Waals surface area contributed by atoms with Crippen LogP contribution in [-0.2, 0) is 11.8 Å². The van der Waals surface area contributed by atoms with Gasteiger partial charge in [0.1, 0.15) is 0 Å². The summed E-state index contributed by atoms with van der Waals surface area (Å²) in [4.78, 5) is 6.30. The maximum absolute atomic E-state index is 5.80. The van der Waals surface area contributed by atoms with Crippen LogP contribution < -0.4 is 5.73 Å². The Kier molecular flexibility index (Phi) is 2.86. The zero-order chi connectivity index (χ0) is 11.1. The molecule has 0 aliphatic heterocycles. The molecule has 15 heavy (non-hydrogen) atoms. The summed E-state index contributed by atoms with van der Waals surface area (Å²) in [6.07, 6.45) is 3.71. The van der Waals surface area contributed by atoms with E-state index in [1.165, 1.54) is 34.8 Å². The Labute approximate surface area is 95.9 Å². The van der Waals surface area contributed by atoms with Crippen LogP contribution in [0.2, 0.25) is 0 Å². The van der Waals surface area contributed by atoms with E-state index < -0.39 is 0 Å². The normalized spacial score (nSPS) is 21.5. The number of aryl methyl sites for hydroxylation is 1. The quantitative estimate of drug-likeness (QED) is 0.796. The van der Waals surface area contributed by atoms with Gasteiger partial charge in [-0.05, 0) is 19.3 Å². The number of hydrogen-bond acceptors (Lipinski definition) is 3. The van der Waals surface area contributed by atoms with Crippen LogP contribution in [0.1, 0.15) is 55.1 Å². The molecule has 0 saturated heterocycles. The van der Waals surface area contributed by atoms with Crippen LogP contribution in [0, 0.1) is 0 Å². The highest BCUT2D eigenvalue weighted by molar-refractivity contribution is 7.11. The SMILES string of the molecule is CC(C)(C)c1nc2c(s1)CCCC2CN. The zero-order valence-electron chi connectivity index (χ0n) is 9.84. The Morgan fingerprint density at radius 2 is 2.20 bits per heavy atom. The lowest BCUT2D eigenvalue weighted by molar-refractivity contribution is 0.540. The van der Waals surface area contributed by atoms with Crippen LogP contribution in [-0.4, -0.2) is 11.5 Å². The van der Waals surface area contributed by atoms with Gasteiger partial charge in [0, 0.05) is 22.8 Å². The monoisotopic (exact) mass is 224 g/mol. The zero-order valence-corrected chi connectivity index (χ0v) is 10.7. The molecule has 84 valence electrons. The first-order valence-corrected chi connectivity index (χ1v) is 6.54. The molecule has 3 heteroatoms. The summed E-state index contributed by atoms with van der Waals surface area (Å²) >= 11 is 1.89. The van der Waals surface area contributed by atoms with Crippen molar-refractivity contribution in [1.82, 2.24) is 4.98 Å². The number of rotatable bonds is 1. The van der Waals surface area contributed by atoms with E-state index in [0.29, 0.717) is 5.92 Å². The Balaban J connectivity index is 2.37. The van der Waals surface area contributed by atoms with Crippen molar-refractivity contribution in [3.05, 3.63) is 15.6 Å². The van der Waals surface area contributed by atoms with Crippen LogP contribution in [0.3, 0.4) is 0 Å². The van der Waals surface area contributed by atoms with E-state index in [2.05, 4.69) is 20.8 Å². The number of aromatic nitrogens is 1. The predicted octanol–water partition coefficient (Wildman–Crippen LogP) is 2.82. The molecule has 0 fully saturated rings. The summed E-state index contributed by atoms with van der Waals surface area (Å²) in [7, 11) is 0. The van der Waals surface area contributed by atoms with Gasteiger partial charge in [0.05, 0.1) is 10.7 Å². The third-order valence-corrected chi connectivity index (χ3v) is 4.55. The van der Waals surface area contributed by atoms with Crippen molar-refractivity contribution in [1.29, 1.82) is 0 Å². The second kappa shape index (κ2) is 3.87. The topological polar surface area (TPSA) is 38.9 Å². The molecule has 0 aromatic carbocycles. The summed E-state index contributed by atoms with van der Waals surface area (Å²) < 4.78 is 0. The highest BCUT2D eigenvalue weighted by atomic mass is 32.1. The van der Waals surface area contributed by atoms with Crippen molar-refractivity contribution >= 4 is 11.3 Å². The minimum Gasteiger partial charge on any atom is -0.330 e. The number of hydrogen-bond donors (Lipinski definition) is 1. The fourth-order valence-corrected chi connectivity index (χ4v) is 3.30. The molecule has 2 rings (SSSR count). The standard InChI is InChI=1S/C12H20N2S/c1-12(2,3)11-14-10-8(7-13)5-4-6-9(10)15-11/h8H,4-7,13H2,1-3H3. The molecule has 0 radical (unpaired) electrons. The molecule has 1 atom stereocenters. The van der Waals surface area contributed by atoms with Crippen molar-refractivity contribution in [2.75, 3.05) is 6.54 Å². The Morgan fingerprint density at radius 3 is 2.80 bits per heavy atom. The summed E-state index contributed by atoms with van der Waals surface area (Å²) in [5, 5.41) is 1.27. The third kappa shape index (κ3) is 2.08. The van der Waals surface area contributed by atoms with Crippen LogP contribution in [0.4, 0.5) is 0 Å².